The molecule has 1 aromatic carbocycles. The number of ether oxygens (including phenoxy) is 2. The highest BCUT2D eigenvalue weighted by Crippen LogP contribution is 2.27. The van der Waals surface area contributed by atoms with E-state index in [4.69, 9.17) is 4.74 Å². The highest BCUT2D eigenvalue weighted by atomic mass is 19.1. The molecule has 1 rings (SSSR count). The number of aliphatic hydroxyl groups excluding tert-OH is 1. The molecule has 7 heteroatoms. The van der Waals surface area contributed by atoms with Gasteiger partial charge in [-0.25, -0.2) is 13.6 Å². The molecule has 132 valence electrons. The summed E-state index contributed by atoms with van der Waals surface area (Å²) in [5.41, 5.74) is 0.107. The van der Waals surface area contributed by atoms with Crippen molar-refractivity contribution < 1.29 is 33.0 Å². The summed E-state index contributed by atoms with van der Waals surface area (Å²) in [5.74, 6) is -4.73. The Labute approximate surface area is 138 Å². The Morgan fingerprint density at radius 2 is 1.75 bits per heavy atom. The highest BCUT2D eigenvalue weighted by Gasteiger charge is 2.35. The van der Waals surface area contributed by atoms with Gasteiger partial charge in [-0.3, -0.25) is 4.79 Å². The molecule has 0 radical (unpaired) electrons. The van der Waals surface area contributed by atoms with Crippen molar-refractivity contribution in [3.05, 3.63) is 42.0 Å². The second-order valence-electron chi connectivity index (χ2n) is 4.99. The van der Waals surface area contributed by atoms with Gasteiger partial charge in [0.25, 0.3) is 0 Å². The Morgan fingerprint density at radius 3 is 2.29 bits per heavy atom. The quantitative estimate of drug-likeness (QED) is 0.735. The van der Waals surface area contributed by atoms with E-state index in [1.54, 1.807) is 13.8 Å². The molecule has 24 heavy (non-hydrogen) atoms. The number of carbonyl (C=O) groups is 2. The lowest BCUT2D eigenvalue weighted by atomic mass is 9.91. The van der Waals surface area contributed by atoms with Crippen LogP contribution in [0.25, 0.3) is 5.57 Å². The van der Waals surface area contributed by atoms with Gasteiger partial charge in [0.2, 0.25) is 0 Å². The van der Waals surface area contributed by atoms with Crippen molar-refractivity contribution in [1.29, 1.82) is 0 Å². The molecule has 0 unspecified atom stereocenters. The van der Waals surface area contributed by atoms with Crippen LogP contribution in [0.15, 0.2) is 24.8 Å². The van der Waals surface area contributed by atoms with E-state index in [9.17, 15) is 23.5 Å². The third-order valence-electron chi connectivity index (χ3n) is 3.28. The fourth-order valence-corrected chi connectivity index (χ4v) is 2.12. The lowest BCUT2D eigenvalue weighted by Crippen LogP contribution is -2.37. The fourth-order valence-electron chi connectivity index (χ4n) is 2.12. The number of hydrogen-bond donors (Lipinski definition) is 1. The topological polar surface area (TPSA) is 72.8 Å². The molecule has 1 N–H and O–H groups in total. The van der Waals surface area contributed by atoms with Crippen molar-refractivity contribution in [3.8, 4) is 0 Å². The Balaban J connectivity index is 3.00. The SMILES string of the molecule is C=C(C[C@@H](C(=O)OCC)[C@H](O)C(=O)OCC)c1ccc(F)cc1F. The number of rotatable bonds is 8. The van der Waals surface area contributed by atoms with Crippen LogP contribution in [0.3, 0.4) is 0 Å². The molecule has 5 nitrogen and oxygen atoms in total. The van der Waals surface area contributed by atoms with Gasteiger partial charge in [0.05, 0.1) is 19.1 Å². The molecule has 0 heterocycles. The summed E-state index contributed by atoms with van der Waals surface area (Å²) in [6, 6.07) is 2.90. The average molecular weight is 342 g/mol. The predicted octanol–water partition coefficient (Wildman–Crippen LogP) is 2.47. The molecule has 0 aromatic heterocycles. The summed E-state index contributed by atoms with van der Waals surface area (Å²) in [5, 5.41) is 10.0. The minimum absolute atomic E-state index is 0.0123. The van der Waals surface area contributed by atoms with E-state index < -0.39 is 35.6 Å². The minimum Gasteiger partial charge on any atom is -0.466 e. The van der Waals surface area contributed by atoms with Crippen LogP contribution in [0, 0.1) is 17.6 Å². The summed E-state index contributed by atoms with van der Waals surface area (Å²) in [6.45, 7) is 6.84. The second kappa shape index (κ2) is 9.12. The van der Waals surface area contributed by atoms with E-state index in [0.29, 0.717) is 6.07 Å². The van der Waals surface area contributed by atoms with Crippen LogP contribution in [-0.2, 0) is 19.1 Å². The number of hydrogen-bond acceptors (Lipinski definition) is 5. The molecule has 1 aromatic rings. The smallest absolute Gasteiger partial charge is 0.335 e. The highest BCUT2D eigenvalue weighted by molar-refractivity contribution is 5.85. The van der Waals surface area contributed by atoms with E-state index in [0.717, 1.165) is 6.07 Å². The molecule has 0 saturated heterocycles. The maximum Gasteiger partial charge on any atom is 0.335 e. The molecule has 0 amide bonds. The standard InChI is InChI=1S/C17H20F2O5/c1-4-23-16(21)13(15(20)17(22)24-5-2)8-10(3)12-7-6-11(18)9-14(12)19/h6-7,9,13,15,20H,3-5,8H2,1-2H3/t13-,15+/m1/s1. The maximum absolute atomic E-state index is 13.8. The third-order valence-corrected chi connectivity index (χ3v) is 3.28. The van der Waals surface area contributed by atoms with Crippen molar-refractivity contribution in [1.82, 2.24) is 0 Å². The Hall–Kier alpha value is -2.28. The normalized spacial score (nSPS) is 13.0. The molecule has 0 spiro atoms. The number of benzene rings is 1. The van der Waals surface area contributed by atoms with Crippen LogP contribution >= 0.6 is 0 Å². The second-order valence-corrected chi connectivity index (χ2v) is 4.99. The molecule has 2 atom stereocenters. The monoisotopic (exact) mass is 342 g/mol. The number of halogens is 2. The summed E-state index contributed by atoms with van der Waals surface area (Å²) in [7, 11) is 0. The lowest BCUT2D eigenvalue weighted by Gasteiger charge is -2.21. The summed E-state index contributed by atoms with van der Waals surface area (Å²) < 4.78 is 36.3. The molecule has 0 aliphatic rings. The van der Waals surface area contributed by atoms with Gasteiger partial charge >= 0.3 is 11.9 Å². The van der Waals surface area contributed by atoms with E-state index in [1.807, 2.05) is 0 Å². The zero-order valence-corrected chi connectivity index (χ0v) is 13.6. The molecular formula is C17H20F2O5. The summed E-state index contributed by atoms with van der Waals surface area (Å²) >= 11 is 0. The van der Waals surface area contributed by atoms with E-state index in [-0.39, 0.29) is 30.8 Å². The van der Waals surface area contributed by atoms with Gasteiger partial charge in [0.1, 0.15) is 11.6 Å². The number of aliphatic hydroxyl groups is 1. The average Bonchev–Trinajstić information content (AvgIpc) is 2.52. The summed E-state index contributed by atoms with van der Waals surface area (Å²) in [4.78, 5) is 23.7. The molecule has 0 fully saturated rings. The predicted molar refractivity (Wildman–Crippen MR) is 82.8 cm³/mol. The van der Waals surface area contributed by atoms with Gasteiger partial charge in [-0.2, -0.15) is 0 Å². The molecule has 0 bridgehead atoms. The lowest BCUT2D eigenvalue weighted by molar-refractivity contribution is -0.165. The first-order valence-corrected chi connectivity index (χ1v) is 7.46. The van der Waals surface area contributed by atoms with Gasteiger partial charge < -0.3 is 14.6 Å². The largest absolute Gasteiger partial charge is 0.466 e. The summed E-state index contributed by atoms with van der Waals surface area (Å²) in [6.07, 6.45) is -2.02. The van der Waals surface area contributed by atoms with Crippen LogP contribution in [0.2, 0.25) is 0 Å². The van der Waals surface area contributed by atoms with Gasteiger partial charge in [-0.15, -0.1) is 0 Å². The van der Waals surface area contributed by atoms with E-state index >= 15 is 0 Å². The molecule has 0 aliphatic carbocycles. The van der Waals surface area contributed by atoms with Crippen molar-refractivity contribution in [2.45, 2.75) is 26.4 Å². The van der Waals surface area contributed by atoms with Crippen molar-refractivity contribution in [2.24, 2.45) is 5.92 Å². The van der Waals surface area contributed by atoms with Crippen molar-refractivity contribution in [3.63, 3.8) is 0 Å². The Morgan fingerprint density at radius 1 is 1.17 bits per heavy atom. The minimum atomic E-state index is -1.77. The third kappa shape index (κ3) is 5.13. The zero-order valence-electron chi connectivity index (χ0n) is 13.6. The number of esters is 2. The van der Waals surface area contributed by atoms with Gasteiger partial charge in [-0.1, -0.05) is 6.58 Å². The molecule has 0 saturated carbocycles. The van der Waals surface area contributed by atoms with E-state index in [2.05, 4.69) is 11.3 Å². The van der Waals surface area contributed by atoms with Crippen LogP contribution in [0.1, 0.15) is 25.8 Å². The van der Waals surface area contributed by atoms with Gasteiger partial charge in [-0.05, 0) is 38.0 Å². The number of carbonyl (C=O) groups excluding carboxylic acids is 2. The first kappa shape index (κ1) is 19.8. The Bertz CT molecular complexity index is 615. The van der Waals surface area contributed by atoms with Crippen LogP contribution in [-0.4, -0.2) is 36.4 Å². The van der Waals surface area contributed by atoms with Crippen LogP contribution in [0.4, 0.5) is 8.78 Å². The van der Waals surface area contributed by atoms with Crippen LogP contribution in [0.5, 0.6) is 0 Å². The first-order chi connectivity index (χ1) is 11.3. The Kier molecular flexibility index (Phi) is 7.51. The fraction of sp³-hybridized carbons (Fsp3) is 0.412. The molecule has 0 aliphatic heterocycles. The van der Waals surface area contributed by atoms with Gasteiger partial charge in [0.15, 0.2) is 6.10 Å². The van der Waals surface area contributed by atoms with Crippen molar-refractivity contribution in [2.75, 3.05) is 13.2 Å². The number of allylic oxidation sites excluding steroid dienone is 1. The molecular weight excluding hydrogens is 322 g/mol. The first-order valence-electron chi connectivity index (χ1n) is 7.46. The van der Waals surface area contributed by atoms with Gasteiger partial charge in [0, 0.05) is 11.6 Å². The van der Waals surface area contributed by atoms with Crippen molar-refractivity contribution >= 4 is 17.5 Å². The van der Waals surface area contributed by atoms with Crippen LogP contribution < -0.4 is 0 Å². The zero-order chi connectivity index (χ0) is 18.3. The maximum atomic E-state index is 13.8. The van der Waals surface area contributed by atoms with E-state index in [1.165, 1.54) is 6.07 Å².